The Morgan fingerprint density at radius 3 is 1.67 bits per heavy atom. The molecule has 0 saturated heterocycles. The molecule has 0 unspecified atom stereocenters. The number of rotatable bonds is 14. The summed E-state index contributed by atoms with van der Waals surface area (Å²) in [6.45, 7) is 3.84. The summed E-state index contributed by atoms with van der Waals surface area (Å²) in [6, 6.07) is 34.6. The third-order valence-corrected chi connectivity index (χ3v) is 7.07. The number of benzene rings is 4. The highest BCUT2D eigenvalue weighted by Crippen LogP contribution is 2.20. The average molecular weight is 609 g/mol. The summed E-state index contributed by atoms with van der Waals surface area (Å²) in [5, 5.41) is 13.5. The van der Waals surface area contributed by atoms with Crippen molar-refractivity contribution in [2.24, 2.45) is 5.92 Å². The summed E-state index contributed by atoms with van der Waals surface area (Å²) >= 11 is 0. The highest BCUT2D eigenvalue weighted by Gasteiger charge is 2.29. The van der Waals surface area contributed by atoms with Gasteiger partial charge in [0.25, 0.3) is 0 Å². The lowest BCUT2D eigenvalue weighted by Gasteiger charge is -2.28. The van der Waals surface area contributed by atoms with Gasteiger partial charge in [-0.25, -0.2) is 14.4 Å². The van der Waals surface area contributed by atoms with E-state index in [2.05, 4.69) is 5.32 Å². The molecule has 0 aromatic heterocycles. The Morgan fingerprint density at radius 2 is 1.13 bits per heavy atom. The minimum Gasteiger partial charge on any atom is -0.459 e. The number of carbonyl (C=O) groups excluding carboxylic acids is 3. The molecule has 4 rings (SSSR count). The second kappa shape index (κ2) is 16.8. The maximum Gasteiger partial charge on any atom is 0.337 e. The predicted octanol–water partition coefficient (Wildman–Crippen LogP) is 5.78. The van der Waals surface area contributed by atoms with Crippen molar-refractivity contribution >= 4 is 18.0 Å². The van der Waals surface area contributed by atoms with Crippen molar-refractivity contribution in [3.05, 3.63) is 132 Å². The number of carbonyl (C=O) groups is 3. The van der Waals surface area contributed by atoms with Crippen LogP contribution in [0, 0.1) is 5.92 Å². The summed E-state index contributed by atoms with van der Waals surface area (Å²) < 4.78 is 10.9. The molecule has 2 N–H and O–H groups in total. The van der Waals surface area contributed by atoms with Crippen molar-refractivity contribution in [1.82, 2.24) is 10.2 Å². The third-order valence-electron chi connectivity index (χ3n) is 7.07. The van der Waals surface area contributed by atoms with Crippen molar-refractivity contribution in [2.75, 3.05) is 13.1 Å². The first kappa shape index (κ1) is 33.0. The summed E-state index contributed by atoms with van der Waals surface area (Å²) in [4.78, 5) is 40.8. The summed E-state index contributed by atoms with van der Waals surface area (Å²) in [5.74, 6) is -1.40. The Labute approximate surface area is 264 Å². The fourth-order valence-corrected chi connectivity index (χ4v) is 4.75. The zero-order chi connectivity index (χ0) is 32.0. The second-order valence-electron chi connectivity index (χ2n) is 11.3. The van der Waals surface area contributed by atoms with Crippen LogP contribution in [0.5, 0.6) is 0 Å². The quantitative estimate of drug-likeness (QED) is 0.176. The van der Waals surface area contributed by atoms with E-state index in [9.17, 15) is 19.5 Å². The lowest BCUT2D eigenvalue weighted by Crippen LogP contribution is -2.52. The van der Waals surface area contributed by atoms with Crippen molar-refractivity contribution in [3.63, 3.8) is 0 Å². The summed E-state index contributed by atoms with van der Waals surface area (Å²) in [7, 11) is 0. The molecule has 0 spiro atoms. The number of ether oxygens (including phenoxy) is 2. The lowest BCUT2D eigenvalue weighted by molar-refractivity contribution is -0.155. The first-order valence-corrected chi connectivity index (χ1v) is 15.1. The van der Waals surface area contributed by atoms with E-state index in [1.165, 1.54) is 4.90 Å². The zero-order valence-corrected chi connectivity index (χ0v) is 25.7. The second-order valence-corrected chi connectivity index (χ2v) is 11.3. The van der Waals surface area contributed by atoms with Crippen LogP contribution in [0.2, 0.25) is 0 Å². The molecule has 0 aliphatic rings. The Kier molecular flexibility index (Phi) is 12.3. The molecule has 0 aliphatic carbocycles. The monoisotopic (exact) mass is 608 g/mol. The predicted molar refractivity (Wildman–Crippen MR) is 173 cm³/mol. The number of nitrogens with zero attached hydrogens (tertiary/aromatic N) is 1. The van der Waals surface area contributed by atoms with Gasteiger partial charge >= 0.3 is 18.0 Å². The van der Waals surface area contributed by atoms with E-state index in [1.807, 2.05) is 129 Å². The van der Waals surface area contributed by atoms with Crippen LogP contribution in [0.15, 0.2) is 115 Å². The molecule has 2 amide bonds. The molecule has 45 heavy (non-hydrogen) atoms. The molecule has 2 atom stereocenters. The van der Waals surface area contributed by atoms with Crippen LogP contribution in [-0.4, -0.2) is 53.2 Å². The minimum absolute atomic E-state index is 0.00546. The van der Waals surface area contributed by atoms with Gasteiger partial charge in [0.1, 0.15) is 19.3 Å². The normalized spacial score (nSPS) is 12.2. The van der Waals surface area contributed by atoms with Crippen LogP contribution in [0.4, 0.5) is 4.79 Å². The molecule has 8 nitrogen and oxygen atoms in total. The van der Waals surface area contributed by atoms with E-state index in [-0.39, 0.29) is 38.6 Å². The zero-order valence-electron chi connectivity index (χ0n) is 25.7. The van der Waals surface area contributed by atoms with Crippen molar-refractivity contribution in [2.45, 2.75) is 45.6 Å². The van der Waals surface area contributed by atoms with E-state index < -0.39 is 30.1 Å². The topological polar surface area (TPSA) is 105 Å². The highest BCUT2D eigenvalue weighted by molar-refractivity contribution is 5.84. The third kappa shape index (κ3) is 10.6. The molecule has 0 heterocycles. The SMILES string of the molecule is CC(C)CN(C[C@@H](O)C(=O)OCc1ccccc1)C(=O)N[C@H](Cc1ccc(-c2ccccc2)cc1)C(=O)OCc1ccccc1. The number of urea groups is 1. The van der Waals surface area contributed by atoms with Crippen LogP contribution in [0.25, 0.3) is 11.1 Å². The van der Waals surface area contributed by atoms with Gasteiger partial charge in [-0.3, -0.25) is 0 Å². The Hall–Kier alpha value is -4.95. The minimum atomic E-state index is -1.56. The van der Waals surface area contributed by atoms with E-state index in [4.69, 9.17) is 9.47 Å². The van der Waals surface area contributed by atoms with Gasteiger partial charge < -0.3 is 24.8 Å². The van der Waals surface area contributed by atoms with Crippen LogP contribution < -0.4 is 5.32 Å². The Balaban J connectivity index is 1.45. The van der Waals surface area contributed by atoms with Gasteiger partial charge in [0.15, 0.2) is 6.10 Å². The van der Waals surface area contributed by atoms with E-state index >= 15 is 0 Å². The van der Waals surface area contributed by atoms with Gasteiger partial charge in [0.2, 0.25) is 0 Å². The van der Waals surface area contributed by atoms with Gasteiger partial charge in [-0.15, -0.1) is 0 Å². The average Bonchev–Trinajstić information content (AvgIpc) is 3.06. The Bertz CT molecular complexity index is 1490. The van der Waals surface area contributed by atoms with Gasteiger partial charge in [0, 0.05) is 13.0 Å². The van der Waals surface area contributed by atoms with Crippen molar-refractivity contribution in [3.8, 4) is 11.1 Å². The molecule has 0 aliphatic heterocycles. The van der Waals surface area contributed by atoms with Crippen molar-refractivity contribution in [1.29, 1.82) is 0 Å². The fraction of sp³-hybridized carbons (Fsp3) is 0.270. The standard InChI is InChI=1S/C37H40N2O6/c1-27(2)23-39(24-34(40)36(42)45-26-30-14-8-4-9-15-30)37(43)38-33(35(41)44-25-29-12-6-3-7-13-29)22-28-18-20-32(21-19-28)31-16-10-5-11-17-31/h3-21,27,33-34,40H,22-26H2,1-2H3,(H,38,43)/t33-,34-/m1/s1. The van der Waals surface area contributed by atoms with Crippen LogP contribution >= 0.6 is 0 Å². The molecule has 0 saturated carbocycles. The molecule has 4 aromatic carbocycles. The van der Waals surface area contributed by atoms with Crippen molar-refractivity contribution < 1.29 is 29.0 Å². The molecule has 4 aromatic rings. The first-order chi connectivity index (χ1) is 21.8. The fourth-order valence-electron chi connectivity index (χ4n) is 4.75. The molecular formula is C37H40N2O6. The number of aliphatic hydroxyl groups is 1. The molecule has 0 fully saturated rings. The largest absolute Gasteiger partial charge is 0.459 e. The lowest BCUT2D eigenvalue weighted by atomic mass is 10.0. The number of aliphatic hydroxyl groups excluding tert-OH is 1. The van der Waals surface area contributed by atoms with E-state index in [1.54, 1.807) is 0 Å². The maximum atomic E-state index is 13.6. The van der Waals surface area contributed by atoms with E-state index in [0.717, 1.165) is 27.8 Å². The molecule has 234 valence electrons. The van der Waals surface area contributed by atoms with Crippen LogP contribution in [-0.2, 0) is 38.7 Å². The molecule has 0 radical (unpaired) electrons. The van der Waals surface area contributed by atoms with Crippen LogP contribution in [0.1, 0.15) is 30.5 Å². The van der Waals surface area contributed by atoms with Gasteiger partial charge in [-0.2, -0.15) is 0 Å². The van der Waals surface area contributed by atoms with Gasteiger partial charge in [0.05, 0.1) is 6.54 Å². The van der Waals surface area contributed by atoms with Gasteiger partial charge in [-0.05, 0) is 33.7 Å². The summed E-state index contributed by atoms with van der Waals surface area (Å²) in [5.41, 5.74) is 4.53. The maximum absolute atomic E-state index is 13.6. The molecule has 0 bridgehead atoms. The summed E-state index contributed by atoms with van der Waals surface area (Å²) in [6.07, 6.45) is -1.38. The number of esters is 2. The molecule has 8 heteroatoms. The van der Waals surface area contributed by atoms with E-state index in [0.29, 0.717) is 0 Å². The molecular weight excluding hydrogens is 568 g/mol. The highest BCUT2D eigenvalue weighted by atomic mass is 16.5. The Morgan fingerprint density at radius 1 is 0.644 bits per heavy atom. The van der Waals surface area contributed by atoms with Crippen LogP contribution in [0.3, 0.4) is 0 Å². The number of hydrogen-bond acceptors (Lipinski definition) is 6. The first-order valence-electron chi connectivity index (χ1n) is 15.1. The van der Waals surface area contributed by atoms with Gasteiger partial charge in [-0.1, -0.05) is 129 Å². The smallest absolute Gasteiger partial charge is 0.337 e. The number of hydrogen-bond donors (Lipinski definition) is 2. The number of amides is 2. The number of nitrogens with one attached hydrogen (secondary N) is 1.